The first kappa shape index (κ1) is 12.8. The van der Waals surface area contributed by atoms with Gasteiger partial charge in [-0.25, -0.2) is 14.4 Å². The van der Waals surface area contributed by atoms with Gasteiger partial charge in [0.15, 0.2) is 0 Å². The summed E-state index contributed by atoms with van der Waals surface area (Å²) in [4.78, 5) is 8.17. The lowest BCUT2D eigenvalue weighted by Gasteiger charge is -2.11. The number of benzene rings is 1. The standard InChI is InChI=1S/C12H12BrFN4/c1-2-15-11-10(13)12(17-7-16-11)18-9-6-4-3-5-8(9)14/h3-7H,2H2,1H3,(H2,15,16,17,18). The zero-order chi connectivity index (χ0) is 13.0. The highest BCUT2D eigenvalue weighted by molar-refractivity contribution is 9.10. The summed E-state index contributed by atoms with van der Waals surface area (Å²) in [6.07, 6.45) is 1.42. The van der Waals surface area contributed by atoms with Crippen molar-refractivity contribution in [2.75, 3.05) is 17.2 Å². The Labute approximate surface area is 113 Å². The SMILES string of the molecule is CCNc1ncnc(Nc2ccccc2F)c1Br. The van der Waals surface area contributed by atoms with Gasteiger partial charge in [-0.2, -0.15) is 0 Å². The van der Waals surface area contributed by atoms with E-state index in [1.54, 1.807) is 18.2 Å². The third-order valence-corrected chi connectivity index (χ3v) is 3.01. The molecule has 0 unspecified atom stereocenters. The van der Waals surface area contributed by atoms with Gasteiger partial charge in [-0.15, -0.1) is 0 Å². The van der Waals surface area contributed by atoms with Gasteiger partial charge >= 0.3 is 0 Å². The minimum absolute atomic E-state index is 0.326. The molecule has 0 aliphatic heterocycles. The van der Waals surface area contributed by atoms with Crippen molar-refractivity contribution in [2.45, 2.75) is 6.92 Å². The number of nitrogens with one attached hydrogen (secondary N) is 2. The molecule has 0 radical (unpaired) electrons. The summed E-state index contributed by atoms with van der Waals surface area (Å²) in [5.41, 5.74) is 0.374. The van der Waals surface area contributed by atoms with E-state index in [-0.39, 0.29) is 5.82 Å². The van der Waals surface area contributed by atoms with Crippen molar-refractivity contribution in [3.05, 3.63) is 40.9 Å². The fourth-order valence-corrected chi connectivity index (χ4v) is 1.88. The van der Waals surface area contributed by atoms with E-state index >= 15 is 0 Å². The highest BCUT2D eigenvalue weighted by Crippen LogP contribution is 2.29. The molecule has 0 atom stereocenters. The van der Waals surface area contributed by atoms with Gasteiger partial charge in [-0.05, 0) is 35.0 Å². The van der Waals surface area contributed by atoms with Gasteiger partial charge in [0, 0.05) is 6.54 Å². The zero-order valence-electron chi connectivity index (χ0n) is 9.74. The molecule has 0 saturated carbocycles. The van der Waals surface area contributed by atoms with Crippen LogP contribution in [0.1, 0.15) is 6.92 Å². The van der Waals surface area contributed by atoms with E-state index in [0.717, 1.165) is 6.54 Å². The monoisotopic (exact) mass is 310 g/mol. The third kappa shape index (κ3) is 2.76. The minimum Gasteiger partial charge on any atom is -0.369 e. The van der Waals surface area contributed by atoms with Crippen molar-refractivity contribution in [2.24, 2.45) is 0 Å². The van der Waals surface area contributed by atoms with Crippen molar-refractivity contribution in [1.29, 1.82) is 0 Å². The van der Waals surface area contributed by atoms with Crippen LogP contribution >= 0.6 is 15.9 Å². The summed E-state index contributed by atoms with van der Waals surface area (Å²) in [5, 5.41) is 6.01. The fourth-order valence-electron chi connectivity index (χ4n) is 1.44. The van der Waals surface area contributed by atoms with E-state index in [1.807, 2.05) is 6.92 Å². The maximum Gasteiger partial charge on any atom is 0.150 e. The second-order valence-electron chi connectivity index (χ2n) is 3.52. The minimum atomic E-state index is -0.326. The molecule has 0 fully saturated rings. The van der Waals surface area contributed by atoms with Crippen LogP contribution in [0.3, 0.4) is 0 Å². The Morgan fingerprint density at radius 1 is 1.22 bits per heavy atom. The first-order chi connectivity index (χ1) is 8.72. The van der Waals surface area contributed by atoms with Gasteiger partial charge in [0.05, 0.1) is 5.69 Å². The summed E-state index contributed by atoms with van der Waals surface area (Å²) in [7, 11) is 0. The molecule has 1 heterocycles. The molecule has 0 amide bonds. The molecule has 0 bridgehead atoms. The van der Waals surface area contributed by atoms with Crippen LogP contribution in [-0.4, -0.2) is 16.5 Å². The molecule has 2 aromatic rings. The van der Waals surface area contributed by atoms with Crippen molar-refractivity contribution in [3.8, 4) is 0 Å². The zero-order valence-corrected chi connectivity index (χ0v) is 11.3. The lowest BCUT2D eigenvalue weighted by Crippen LogP contribution is -2.04. The van der Waals surface area contributed by atoms with Crippen LogP contribution in [0.5, 0.6) is 0 Å². The topological polar surface area (TPSA) is 49.8 Å². The van der Waals surface area contributed by atoms with Crippen LogP contribution in [-0.2, 0) is 0 Å². The Balaban J connectivity index is 2.30. The predicted molar refractivity (Wildman–Crippen MR) is 73.6 cm³/mol. The van der Waals surface area contributed by atoms with Gasteiger partial charge in [0.1, 0.15) is 28.3 Å². The number of rotatable bonds is 4. The Bertz CT molecular complexity index is 547. The molecule has 0 aliphatic rings. The summed E-state index contributed by atoms with van der Waals surface area (Å²) in [5.74, 6) is 0.866. The molecule has 4 nitrogen and oxygen atoms in total. The first-order valence-corrected chi connectivity index (χ1v) is 6.27. The molecule has 1 aromatic carbocycles. The first-order valence-electron chi connectivity index (χ1n) is 5.48. The quantitative estimate of drug-likeness (QED) is 0.906. The molecule has 18 heavy (non-hydrogen) atoms. The molecule has 2 rings (SSSR count). The van der Waals surface area contributed by atoms with Crippen LogP contribution in [0.4, 0.5) is 21.7 Å². The third-order valence-electron chi connectivity index (χ3n) is 2.26. The smallest absolute Gasteiger partial charge is 0.150 e. The number of halogens is 2. The van der Waals surface area contributed by atoms with E-state index in [1.165, 1.54) is 12.4 Å². The van der Waals surface area contributed by atoms with Gasteiger partial charge in [0.25, 0.3) is 0 Å². The number of aromatic nitrogens is 2. The summed E-state index contributed by atoms with van der Waals surface area (Å²) >= 11 is 3.39. The van der Waals surface area contributed by atoms with Crippen LogP contribution in [0.25, 0.3) is 0 Å². The van der Waals surface area contributed by atoms with Gasteiger partial charge < -0.3 is 10.6 Å². The second kappa shape index (κ2) is 5.77. The Morgan fingerprint density at radius 3 is 2.67 bits per heavy atom. The molecule has 94 valence electrons. The molecule has 2 N–H and O–H groups in total. The lowest BCUT2D eigenvalue weighted by atomic mass is 10.3. The number of anilines is 3. The van der Waals surface area contributed by atoms with Crippen LogP contribution in [0.2, 0.25) is 0 Å². The maximum absolute atomic E-state index is 13.5. The van der Waals surface area contributed by atoms with E-state index in [9.17, 15) is 4.39 Å². The molecule has 1 aromatic heterocycles. The van der Waals surface area contributed by atoms with E-state index < -0.39 is 0 Å². The predicted octanol–water partition coefficient (Wildman–Crippen LogP) is 3.55. The molecular formula is C12H12BrFN4. The maximum atomic E-state index is 13.5. The molecule has 0 saturated heterocycles. The lowest BCUT2D eigenvalue weighted by molar-refractivity contribution is 0.632. The average Bonchev–Trinajstić information content (AvgIpc) is 2.37. The molecule has 0 spiro atoms. The Hall–Kier alpha value is -1.69. The fraction of sp³-hybridized carbons (Fsp3) is 0.167. The van der Waals surface area contributed by atoms with E-state index in [2.05, 4.69) is 36.5 Å². The normalized spacial score (nSPS) is 10.2. The Kier molecular flexibility index (Phi) is 4.09. The molecular weight excluding hydrogens is 299 g/mol. The van der Waals surface area contributed by atoms with Crippen LogP contribution < -0.4 is 10.6 Å². The van der Waals surface area contributed by atoms with Crippen molar-refractivity contribution in [1.82, 2.24) is 9.97 Å². The van der Waals surface area contributed by atoms with Gasteiger partial charge in [-0.3, -0.25) is 0 Å². The van der Waals surface area contributed by atoms with Crippen LogP contribution in [0, 0.1) is 5.82 Å². The molecule has 0 aliphatic carbocycles. The number of para-hydroxylation sites is 1. The highest BCUT2D eigenvalue weighted by Gasteiger charge is 2.09. The van der Waals surface area contributed by atoms with Gasteiger partial charge in [-0.1, -0.05) is 12.1 Å². The van der Waals surface area contributed by atoms with Crippen LogP contribution in [0.15, 0.2) is 35.1 Å². The van der Waals surface area contributed by atoms with Crippen molar-refractivity contribution >= 4 is 33.3 Å². The Morgan fingerprint density at radius 2 is 1.94 bits per heavy atom. The second-order valence-corrected chi connectivity index (χ2v) is 4.31. The van der Waals surface area contributed by atoms with Crippen molar-refractivity contribution < 1.29 is 4.39 Å². The number of hydrogen-bond acceptors (Lipinski definition) is 4. The summed E-state index contributed by atoms with van der Waals surface area (Å²) in [6, 6.07) is 6.44. The average molecular weight is 311 g/mol. The summed E-state index contributed by atoms with van der Waals surface area (Å²) in [6.45, 7) is 2.72. The number of hydrogen-bond donors (Lipinski definition) is 2. The van der Waals surface area contributed by atoms with E-state index in [0.29, 0.717) is 21.8 Å². The highest BCUT2D eigenvalue weighted by atomic mass is 79.9. The van der Waals surface area contributed by atoms with Gasteiger partial charge in [0.2, 0.25) is 0 Å². The largest absolute Gasteiger partial charge is 0.369 e. The molecule has 6 heteroatoms. The van der Waals surface area contributed by atoms with E-state index in [4.69, 9.17) is 0 Å². The van der Waals surface area contributed by atoms with Crippen molar-refractivity contribution in [3.63, 3.8) is 0 Å². The number of nitrogens with zero attached hydrogens (tertiary/aromatic N) is 2. The summed E-state index contributed by atoms with van der Waals surface area (Å²) < 4.78 is 14.2.